The minimum atomic E-state index is -0.796. The Bertz CT molecular complexity index is 565. The van der Waals surface area contributed by atoms with E-state index in [1.165, 1.54) is 0 Å². The molecule has 0 aromatic heterocycles. The van der Waals surface area contributed by atoms with Crippen molar-refractivity contribution in [2.24, 2.45) is 4.99 Å². The molecule has 2 aliphatic heterocycles. The third-order valence-corrected chi connectivity index (χ3v) is 6.91. The molecule has 27 heavy (non-hydrogen) atoms. The Hall–Kier alpha value is -0.365. The van der Waals surface area contributed by atoms with E-state index in [4.69, 9.17) is 22.2 Å². The lowest BCUT2D eigenvalue weighted by Gasteiger charge is -2.36. The van der Waals surface area contributed by atoms with Crippen molar-refractivity contribution in [3.8, 4) is 0 Å². The van der Waals surface area contributed by atoms with Gasteiger partial charge >= 0.3 is 7.05 Å². The number of amidine groups is 1. The SMILES string of the molecule is [2H]C[C@H]1O[C@@H](N2C=CC(NB(C)O)=NC2Cl)C[C@H]1OP(C)N(C(C)C)C(C)C. The number of nitrogens with one attached hydrogen (secondary N) is 1. The molecule has 10 heteroatoms. The number of halogens is 1. The van der Waals surface area contributed by atoms with Crippen LogP contribution in [-0.2, 0) is 9.26 Å². The van der Waals surface area contributed by atoms with Crippen molar-refractivity contribution >= 4 is 32.8 Å². The summed E-state index contributed by atoms with van der Waals surface area (Å²) in [6, 6.07) is 0.769. The summed E-state index contributed by atoms with van der Waals surface area (Å²) in [5.74, 6) is 0.524. The fourth-order valence-corrected chi connectivity index (χ4v) is 5.80. The quantitative estimate of drug-likeness (QED) is 0.286. The standard InChI is InChI=1S/C17H33BClN4O3P/c1-11(2)23(12(3)4)27(7)26-14-10-16(25-13(14)5)22-9-8-15(20-17(22)19)21-18(6)24/h8-9,11-14,16-17,24H,10H2,1-7H3,(H,20,21)/t13-,14-,16-,17?,27?/m1/s1/i5D. The second-order valence-corrected chi connectivity index (χ2v) is 9.44. The number of alkyl halides is 1. The van der Waals surface area contributed by atoms with Crippen LogP contribution in [0.25, 0.3) is 0 Å². The van der Waals surface area contributed by atoms with Gasteiger partial charge in [-0.3, -0.25) is 4.67 Å². The molecule has 0 bridgehead atoms. The van der Waals surface area contributed by atoms with Gasteiger partial charge in [-0.25, -0.2) is 4.99 Å². The molecule has 7 nitrogen and oxygen atoms in total. The van der Waals surface area contributed by atoms with Crippen LogP contribution in [0.1, 0.15) is 42.4 Å². The van der Waals surface area contributed by atoms with Crippen LogP contribution in [0.15, 0.2) is 17.3 Å². The van der Waals surface area contributed by atoms with E-state index in [0.717, 1.165) is 0 Å². The summed E-state index contributed by atoms with van der Waals surface area (Å²) in [5.41, 5.74) is -0.646. The molecular formula is C17H33BClN4O3P. The van der Waals surface area contributed by atoms with Crippen molar-refractivity contribution in [3.05, 3.63) is 12.3 Å². The van der Waals surface area contributed by atoms with Gasteiger partial charge in [-0.05, 0) is 54.2 Å². The van der Waals surface area contributed by atoms with Gasteiger partial charge in [-0.15, -0.1) is 0 Å². The van der Waals surface area contributed by atoms with Crippen LogP contribution in [0, 0.1) is 0 Å². The van der Waals surface area contributed by atoms with Crippen molar-refractivity contribution in [1.29, 1.82) is 0 Å². The van der Waals surface area contributed by atoms with Crippen LogP contribution in [0.5, 0.6) is 0 Å². The Morgan fingerprint density at radius 3 is 2.70 bits per heavy atom. The first kappa shape index (κ1) is 21.3. The van der Waals surface area contributed by atoms with E-state index < -0.39 is 21.0 Å². The normalized spacial score (nSPS) is 30.1. The lowest BCUT2D eigenvalue weighted by molar-refractivity contribution is -0.0386. The summed E-state index contributed by atoms with van der Waals surface area (Å²) in [6.07, 6.45) is 3.44. The molecular weight excluding hydrogens is 385 g/mol. The van der Waals surface area contributed by atoms with Crippen molar-refractivity contribution in [2.45, 2.75) is 84.0 Å². The zero-order valence-corrected chi connectivity index (χ0v) is 18.7. The first-order valence-corrected chi connectivity index (χ1v) is 11.5. The molecule has 2 aliphatic rings. The van der Waals surface area contributed by atoms with Crippen LogP contribution in [0.4, 0.5) is 0 Å². The number of ether oxygens (including phenoxy) is 1. The molecule has 2 rings (SSSR count). The molecule has 0 radical (unpaired) electrons. The van der Waals surface area contributed by atoms with E-state index in [1.54, 1.807) is 12.9 Å². The molecule has 0 aliphatic carbocycles. The number of nitrogens with zero attached hydrogens (tertiary/aromatic N) is 3. The topological polar surface area (TPSA) is 69.6 Å². The number of hydrogen-bond acceptors (Lipinski definition) is 7. The van der Waals surface area contributed by atoms with Gasteiger partial charge in [-0.1, -0.05) is 11.6 Å². The van der Waals surface area contributed by atoms with E-state index in [-0.39, 0.29) is 25.3 Å². The molecule has 2 unspecified atom stereocenters. The van der Waals surface area contributed by atoms with Crippen LogP contribution in [-0.4, -0.2) is 70.3 Å². The van der Waals surface area contributed by atoms with E-state index >= 15 is 0 Å². The Kier molecular flexibility index (Phi) is 7.83. The van der Waals surface area contributed by atoms with Gasteiger partial charge < -0.3 is 24.4 Å². The molecule has 2 N–H and O–H groups in total. The predicted molar refractivity (Wildman–Crippen MR) is 114 cm³/mol. The van der Waals surface area contributed by atoms with Crippen molar-refractivity contribution in [1.82, 2.24) is 14.8 Å². The van der Waals surface area contributed by atoms with Crippen LogP contribution >= 0.6 is 19.9 Å². The fraction of sp³-hybridized carbons (Fsp3) is 0.824. The minimum Gasteiger partial charge on any atom is -0.433 e. The molecule has 0 aromatic rings. The van der Waals surface area contributed by atoms with Gasteiger partial charge in [0, 0.05) is 26.1 Å². The van der Waals surface area contributed by atoms with E-state index in [2.05, 4.69) is 49.3 Å². The van der Waals surface area contributed by atoms with E-state index in [0.29, 0.717) is 24.3 Å². The summed E-state index contributed by atoms with van der Waals surface area (Å²) in [6.45, 7) is 12.6. The summed E-state index contributed by atoms with van der Waals surface area (Å²) in [7, 11) is -1.50. The maximum atomic E-state index is 9.43. The van der Waals surface area contributed by atoms with Crippen molar-refractivity contribution < 1.29 is 15.7 Å². The zero-order chi connectivity index (χ0) is 21.0. The number of aliphatic imine (C=N–C) groups is 1. The highest BCUT2D eigenvalue weighted by atomic mass is 35.5. The smallest absolute Gasteiger partial charge is 0.408 e. The summed E-state index contributed by atoms with van der Waals surface area (Å²) in [5, 5.41) is 12.3. The van der Waals surface area contributed by atoms with Gasteiger partial charge in [0.1, 0.15) is 20.4 Å². The van der Waals surface area contributed by atoms with E-state index in [1.807, 2.05) is 11.1 Å². The Labute approximate surface area is 171 Å². The van der Waals surface area contributed by atoms with Crippen molar-refractivity contribution in [3.63, 3.8) is 0 Å². The lowest BCUT2D eigenvalue weighted by atomic mass is 9.89. The molecule has 0 saturated carbocycles. The van der Waals surface area contributed by atoms with Crippen LogP contribution in [0.2, 0.25) is 6.82 Å². The maximum absolute atomic E-state index is 9.43. The minimum absolute atomic E-state index is 0.135. The first-order valence-electron chi connectivity index (χ1n) is 10.1. The molecule has 154 valence electrons. The molecule has 0 amide bonds. The Morgan fingerprint density at radius 1 is 1.52 bits per heavy atom. The zero-order valence-electron chi connectivity index (χ0n) is 18.0. The molecule has 0 spiro atoms. The van der Waals surface area contributed by atoms with Gasteiger partial charge in [0.2, 0.25) is 5.62 Å². The summed E-state index contributed by atoms with van der Waals surface area (Å²) in [4.78, 5) is 6.16. The lowest BCUT2D eigenvalue weighted by Crippen LogP contribution is -2.43. The average Bonchev–Trinajstić information content (AvgIpc) is 2.96. The van der Waals surface area contributed by atoms with Gasteiger partial charge in [0.25, 0.3) is 0 Å². The van der Waals surface area contributed by atoms with Crippen LogP contribution in [0.3, 0.4) is 0 Å². The fourth-order valence-electron chi connectivity index (χ4n) is 3.48. The Balaban J connectivity index is 2.02. The number of rotatable bonds is 7. The third-order valence-electron chi connectivity index (χ3n) is 4.44. The molecule has 5 atom stereocenters. The molecule has 2 heterocycles. The number of hydrogen-bond donors (Lipinski definition) is 2. The summed E-state index contributed by atoms with van der Waals surface area (Å²) < 4.78 is 22.7. The highest BCUT2D eigenvalue weighted by molar-refractivity contribution is 7.49. The first-order chi connectivity index (χ1) is 13.1. The molecule has 0 aromatic carbocycles. The largest absolute Gasteiger partial charge is 0.433 e. The summed E-state index contributed by atoms with van der Waals surface area (Å²) >= 11 is 6.41. The highest BCUT2D eigenvalue weighted by Crippen LogP contribution is 2.45. The highest BCUT2D eigenvalue weighted by Gasteiger charge is 2.40. The molecule has 1 fully saturated rings. The van der Waals surface area contributed by atoms with Crippen molar-refractivity contribution in [2.75, 3.05) is 6.66 Å². The van der Waals surface area contributed by atoms with Gasteiger partial charge in [-0.2, -0.15) is 0 Å². The monoisotopic (exact) mass is 419 g/mol. The van der Waals surface area contributed by atoms with Gasteiger partial charge in [0.15, 0.2) is 0 Å². The molecule has 1 saturated heterocycles. The third kappa shape index (κ3) is 6.05. The van der Waals surface area contributed by atoms with Gasteiger partial charge in [0.05, 0.1) is 12.2 Å². The van der Waals surface area contributed by atoms with Crippen LogP contribution < -0.4 is 5.23 Å². The second kappa shape index (κ2) is 9.90. The predicted octanol–water partition coefficient (Wildman–Crippen LogP) is 3.02. The van der Waals surface area contributed by atoms with E-state index in [9.17, 15) is 5.02 Å². The Morgan fingerprint density at radius 2 is 2.19 bits per heavy atom. The second-order valence-electron chi connectivity index (χ2n) is 7.45. The maximum Gasteiger partial charge on any atom is 0.408 e. The average molecular weight is 420 g/mol.